The van der Waals surface area contributed by atoms with Gasteiger partial charge in [0.15, 0.2) is 0 Å². The second kappa shape index (κ2) is 5.85. The number of nitrogens with zero attached hydrogens (tertiary/aromatic N) is 2. The number of hydrogen-bond donors (Lipinski definition) is 2. The van der Waals surface area contributed by atoms with Gasteiger partial charge in [0.05, 0.1) is 5.56 Å². The molecule has 0 aromatic carbocycles. The highest BCUT2D eigenvalue weighted by atomic mass is 32.1. The van der Waals surface area contributed by atoms with Crippen LogP contribution in [0.2, 0.25) is 0 Å². The van der Waals surface area contributed by atoms with E-state index in [1.54, 1.807) is 11.3 Å². The van der Waals surface area contributed by atoms with Crippen LogP contribution in [0.3, 0.4) is 0 Å². The molecule has 1 aliphatic carbocycles. The minimum Gasteiger partial charge on any atom is -0.384 e. The standard InChI is InChI=1S/C16H20N4S/c1-20(8-7-12-5-3-9-21-12)16-13(15(17)18)10-11-4-2-6-14(11)19-16/h3,5,9-10H,2,4,6-8H2,1H3,(H3,17,18). The van der Waals surface area contributed by atoms with E-state index in [0.717, 1.165) is 43.6 Å². The fourth-order valence-corrected chi connectivity index (χ4v) is 3.49. The van der Waals surface area contributed by atoms with Gasteiger partial charge >= 0.3 is 0 Å². The first-order valence-corrected chi connectivity index (χ1v) is 8.14. The first-order chi connectivity index (χ1) is 10.1. The summed E-state index contributed by atoms with van der Waals surface area (Å²) in [6.45, 7) is 0.882. The van der Waals surface area contributed by atoms with Crippen molar-refractivity contribution in [2.75, 3.05) is 18.5 Å². The SMILES string of the molecule is CN(CCc1cccs1)c1nc2c(cc1C(=N)N)CCC2. The predicted molar refractivity (Wildman–Crippen MR) is 88.6 cm³/mol. The smallest absolute Gasteiger partial charge is 0.139 e. The molecule has 0 saturated carbocycles. The molecule has 0 saturated heterocycles. The summed E-state index contributed by atoms with van der Waals surface area (Å²) < 4.78 is 0. The van der Waals surface area contributed by atoms with E-state index in [1.165, 1.54) is 16.1 Å². The summed E-state index contributed by atoms with van der Waals surface area (Å²) in [4.78, 5) is 8.27. The number of nitrogens with one attached hydrogen (secondary N) is 1. The van der Waals surface area contributed by atoms with E-state index in [4.69, 9.17) is 16.1 Å². The zero-order valence-corrected chi connectivity index (χ0v) is 13.0. The molecule has 5 heteroatoms. The molecule has 0 atom stereocenters. The number of aromatic nitrogens is 1. The molecule has 0 fully saturated rings. The maximum atomic E-state index is 7.82. The molecule has 2 aromatic rings. The van der Waals surface area contributed by atoms with E-state index in [-0.39, 0.29) is 5.84 Å². The van der Waals surface area contributed by atoms with Gasteiger partial charge in [-0.15, -0.1) is 11.3 Å². The highest BCUT2D eigenvalue weighted by molar-refractivity contribution is 7.09. The monoisotopic (exact) mass is 300 g/mol. The molecule has 2 heterocycles. The van der Waals surface area contributed by atoms with Gasteiger partial charge < -0.3 is 10.6 Å². The summed E-state index contributed by atoms with van der Waals surface area (Å²) in [7, 11) is 2.03. The van der Waals surface area contributed by atoms with E-state index < -0.39 is 0 Å². The number of fused-ring (bicyclic) bond motifs is 1. The number of aryl methyl sites for hydroxylation is 2. The third-order valence-electron chi connectivity index (χ3n) is 3.96. The molecule has 4 nitrogen and oxygen atoms in total. The van der Waals surface area contributed by atoms with Crippen LogP contribution in [-0.4, -0.2) is 24.4 Å². The van der Waals surface area contributed by atoms with Crippen LogP contribution in [0.15, 0.2) is 23.6 Å². The Hall–Kier alpha value is -1.88. The van der Waals surface area contributed by atoms with Gasteiger partial charge in [-0.25, -0.2) is 4.98 Å². The maximum Gasteiger partial charge on any atom is 0.139 e. The van der Waals surface area contributed by atoms with Crippen molar-refractivity contribution in [2.45, 2.75) is 25.7 Å². The zero-order chi connectivity index (χ0) is 14.8. The van der Waals surface area contributed by atoms with Gasteiger partial charge in [0.2, 0.25) is 0 Å². The van der Waals surface area contributed by atoms with Gasteiger partial charge in [-0.3, -0.25) is 5.41 Å². The summed E-state index contributed by atoms with van der Waals surface area (Å²) >= 11 is 1.78. The van der Waals surface area contributed by atoms with Crippen molar-refractivity contribution >= 4 is 23.0 Å². The molecule has 0 amide bonds. The van der Waals surface area contributed by atoms with E-state index in [2.05, 4.69) is 28.5 Å². The van der Waals surface area contributed by atoms with Crippen molar-refractivity contribution in [2.24, 2.45) is 5.73 Å². The lowest BCUT2D eigenvalue weighted by Gasteiger charge is -2.21. The first-order valence-electron chi connectivity index (χ1n) is 7.26. The number of amidine groups is 1. The quantitative estimate of drug-likeness (QED) is 0.659. The van der Waals surface area contributed by atoms with Crippen molar-refractivity contribution in [1.82, 2.24) is 4.98 Å². The van der Waals surface area contributed by atoms with Crippen LogP contribution in [0.5, 0.6) is 0 Å². The minimum atomic E-state index is 0.107. The molecule has 0 spiro atoms. The summed E-state index contributed by atoms with van der Waals surface area (Å²) in [5.74, 6) is 0.954. The predicted octanol–water partition coefficient (Wildman–Crippen LogP) is 2.59. The van der Waals surface area contributed by atoms with E-state index >= 15 is 0 Å². The van der Waals surface area contributed by atoms with Crippen LogP contribution < -0.4 is 10.6 Å². The third kappa shape index (κ3) is 2.93. The topological polar surface area (TPSA) is 66.0 Å². The minimum absolute atomic E-state index is 0.107. The Morgan fingerprint density at radius 2 is 2.33 bits per heavy atom. The molecule has 3 rings (SSSR count). The summed E-state index contributed by atoms with van der Waals surface area (Å²) in [5, 5.41) is 9.92. The lowest BCUT2D eigenvalue weighted by Crippen LogP contribution is -2.26. The maximum absolute atomic E-state index is 7.82. The number of nitrogens with two attached hydrogens (primary N) is 1. The lowest BCUT2D eigenvalue weighted by molar-refractivity contribution is 0.854. The molecular weight excluding hydrogens is 280 g/mol. The zero-order valence-electron chi connectivity index (χ0n) is 12.2. The fraction of sp³-hybridized carbons (Fsp3) is 0.375. The number of nitrogen functional groups attached to an aromatic ring is 1. The number of likely N-dealkylation sites (N-methyl/N-ethyl adjacent to an activating group) is 1. The average Bonchev–Trinajstić information content (AvgIpc) is 3.13. The summed E-state index contributed by atoms with van der Waals surface area (Å²) in [6, 6.07) is 6.30. The van der Waals surface area contributed by atoms with E-state index in [1.807, 2.05) is 7.05 Å². The molecule has 0 unspecified atom stereocenters. The van der Waals surface area contributed by atoms with Crippen LogP contribution in [0.1, 0.15) is 28.1 Å². The molecular formula is C16H20N4S. The normalized spacial score (nSPS) is 13.2. The van der Waals surface area contributed by atoms with Gasteiger partial charge in [-0.1, -0.05) is 6.07 Å². The van der Waals surface area contributed by atoms with E-state index in [0.29, 0.717) is 0 Å². The third-order valence-corrected chi connectivity index (χ3v) is 4.89. The van der Waals surface area contributed by atoms with Crippen molar-refractivity contribution in [3.05, 3.63) is 45.3 Å². The Bertz CT molecular complexity index is 649. The number of hydrogen-bond acceptors (Lipinski definition) is 4. The molecule has 0 radical (unpaired) electrons. The molecule has 0 bridgehead atoms. The molecule has 21 heavy (non-hydrogen) atoms. The summed E-state index contributed by atoms with van der Waals surface area (Å²) in [6.07, 6.45) is 4.24. The van der Waals surface area contributed by atoms with Gasteiger partial charge in [0, 0.05) is 24.2 Å². The molecule has 2 aromatic heterocycles. The van der Waals surface area contributed by atoms with Crippen molar-refractivity contribution in [3.63, 3.8) is 0 Å². The Morgan fingerprint density at radius 1 is 1.48 bits per heavy atom. The number of thiophene rings is 1. The molecule has 110 valence electrons. The number of pyridine rings is 1. The highest BCUT2D eigenvalue weighted by Crippen LogP contribution is 2.27. The number of anilines is 1. The second-order valence-electron chi connectivity index (χ2n) is 5.48. The average molecular weight is 300 g/mol. The van der Waals surface area contributed by atoms with Crippen molar-refractivity contribution in [3.8, 4) is 0 Å². The van der Waals surface area contributed by atoms with Crippen LogP contribution in [0.4, 0.5) is 5.82 Å². The fourth-order valence-electron chi connectivity index (χ4n) is 2.79. The summed E-state index contributed by atoms with van der Waals surface area (Å²) in [5.41, 5.74) is 8.96. The molecule has 1 aliphatic rings. The Labute approximate surface area is 129 Å². The Balaban J connectivity index is 1.84. The van der Waals surface area contributed by atoms with Crippen LogP contribution >= 0.6 is 11.3 Å². The molecule has 3 N–H and O–H groups in total. The first kappa shape index (κ1) is 14.1. The largest absolute Gasteiger partial charge is 0.384 e. The van der Waals surface area contributed by atoms with Crippen LogP contribution in [-0.2, 0) is 19.3 Å². The molecule has 0 aliphatic heterocycles. The number of rotatable bonds is 5. The van der Waals surface area contributed by atoms with Crippen LogP contribution in [0, 0.1) is 5.41 Å². The van der Waals surface area contributed by atoms with Gasteiger partial charge in [-0.05, 0) is 48.8 Å². The van der Waals surface area contributed by atoms with E-state index in [9.17, 15) is 0 Å². The Morgan fingerprint density at radius 3 is 3.05 bits per heavy atom. The lowest BCUT2D eigenvalue weighted by atomic mass is 10.1. The van der Waals surface area contributed by atoms with Gasteiger partial charge in [0.1, 0.15) is 11.7 Å². The highest BCUT2D eigenvalue weighted by Gasteiger charge is 2.19. The van der Waals surface area contributed by atoms with Crippen molar-refractivity contribution < 1.29 is 0 Å². The van der Waals surface area contributed by atoms with Crippen molar-refractivity contribution in [1.29, 1.82) is 5.41 Å². The van der Waals surface area contributed by atoms with Crippen LogP contribution in [0.25, 0.3) is 0 Å². The second-order valence-corrected chi connectivity index (χ2v) is 6.52. The van der Waals surface area contributed by atoms with Gasteiger partial charge in [0.25, 0.3) is 0 Å². The van der Waals surface area contributed by atoms with Gasteiger partial charge in [-0.2, -0.15) is 0 Å². The Kier molecular flexibility index (Phi) is 3.92.